The summed E-state index contributed by atoms with van der Waals surface area (Å²) in [6, 6.07) is 22.3. The number of nitriles is 1. The molecule has 0 unspecified atom stereocenters. The van der Waals surface area contributed by atoms with E-state index in [9.17, 15) is 4.79 Å². The van der Waals surface area contributed by atoms with Gasteiger partial charge in [0.25, 0.3) is 5.91 Å². The number of aromatic nitrogens is 2. The van der Waals surface area contributed by atoms with Gasteiger partial charge in [-0.05, 0) is 56.0 Å². The number of halogens is 1. The number of benzene rings is 2. The van der Waals surface area contributed by atoms with Crippen LogP contribution in [0.2, 0.25) is 5.02 Å². The SMILES string of the molecule is Cc1ccc(-c2sc(C3CCN(C(=O)c4cccnc4SCCCC#N)CC3)nc2-c2ccc(Cl)cc2)cc1. The first kappa shape index (κ1) is 27.4. The highest BCUT2D eigenvalue weighted by molar-refractivity contribution is 7.99. The van der Waals surface area contributed by atoms with Gasteiger partial charge < -0.3 is 4.90 Å². The molecule has 0 saturated carbocycles. The van der Waals surface area contributed by atoms with Crippen LogP contribution in [0.3, 0.4) is 0 Å². The molecule has 0 atom stereocenters. The molecule has 0 spiro atoms. The van der Waals surface area contributed by atoms with Crippen molar-refractivity contribution in [1.82, 2.24) is 14.9 Å². The largest absolute Gasteiger partial charge is 0.339 e. The van der Waals surface area contributed by atoms with Gasteiger partial charge in [0.2, 0.25) is 0 Å². The molecule has 1 saturated heterocycles. The second kappa shape index (κ2) is 12.8. The van der Waals surface area contributed by atoms with Crippen LogP contribution in [-0.2, 0) is 0 Å². The van der Waals surface area contributed by atoms with Crippen molar-refractivity contribution >= 4 is 40.6 Å². The molecule has 1 fully saturated rings. The maximum absolute atomic E-state index is 13.4. The molecule has 198 valence electrons. The minimum atomic E-state index is 0.0330. The van der Waals surface area contributed by atoms with E-state index in [1.54, 1.807) is 29.3 Å². The number of thiazole rings is 1. The Labute approximate surface area is 242 Å². The predicted molar refractivity (Wildman–Crippen MR) is 160 cm³/mol. The Kier molecular flexibility index (Phi) is 8.98. The number of hydrogen-bond donors (Lipinski definition) is 0. The van der Waals surface area contributed by atoms with Gasteiger partial charge in [-0.1, -0.05) is 53.6 Å². The summed E-state index contributed by atoms with van der Waals surface area (Å²) in [6.07, 6.45) is 4.77. The molecule has 1 aliphatic rings. The molecule has 4 aromatic rings. The van der Waals surface area contributed by atoms with E-state index in [0.29, 0.717) is 36.0 Å². The first-order valence-corrected chi connectivity index (χ1v) is 15.3. The lowest BCUT2D eigenvalue weighted by molar-refractivity contribution is 0.0708. The number of rotatable bonds is 8. The Morgan fingerprint density at radius 1 is 1.10 bits per heavy atom. The Morgan fingerprint density at radius 3 is 2.54 bits per heavy atom. The topological polar surface area (TPSA) is 69.9 Å². The summed E-state index contributed by atoms with van der Waals surface area (Å²) < 4.78 is 0. The fourth-order valence-corrected chi connectivity index (χ4v) is 7.02. The number of carbonyl (C=O) groups excluding carboxylic acids is 1. The molecule has 5 nitrogen and oxygen atoms in total. The van der Waals surface area contributed by atoms with E-state index >= 15 is 0 Å². The van der Waals surface area contributed by atoms with Gasteiger partial charge in [-0.15, -0.1) is 23.1 Å². The summed E-state index contributed by atoms with van der Waals surface area (Å²) in [6.45, 7) is 3.47. The second-order valence-electron chi connectivity index (χ2n) is 9.64. The molecule has 5 rings (SSSR count). The monoisotopic (exact) mass is 572 g/mol. The highest BCUT2D eigenvalue weighted by Crippen LogP contribution is 2.42. The van der Waals surface area contributed by atoms with Crippen LogP contribution in [0.4, 0.5) is 0 Å². The Morgan fingerprint density at radius 2 is 1.82 bits per heavy atom. The molecule has 3 heterocycles. The standard InChI is InChI=1S/C31H29ClN4OS2/c1-21-6-8-23(9-7-21)28-27(22-10-12-25(32)13-11-22)35-29(39-28)24-14-18-36(19-15-24)31(37)26-5-4-17-34-30(26)38-20-3-2-16-33/h4-13,17,24H,2-3,14-15,18-20H2,1H3. The minimum Gasteiger partial charge on any atom is -0.339 e. The molecule has 8 heteroatoms. The molecule has 0 aliphatic carbocycles. The molecular weight excluding hydrogens is 544 g/mol. The summed E-state index contributed by atoms with van der Waals surface area (Å²) in [4.78, 5) is 26.2. The fourth-order valence-electron chi connectivity index (χ4n) is 4.70. The van der Waals surface area contributed by atoms with Crippen LogP contribution in [0, 0.1) is 18.3 Å². The van der Waals surface area contributed by atoms with Crippen molar-refractivity contribution in [3.63, 3.8) is 0 Å². The second-order valence-corrected chi connectivity index (χ2v) is 12.2. The maximum atomic E-state index is 13.4. The molecule has 1 amide bonds. The summed E-state index contributed by atoms with van der Waals surface area (Å²) in [5, 5.41) is 11.4. The van der Waals surface area contributed by atoms with Crippen molar-refractivity contribution in [3.8, 4) is 27.8 Å². The fraction of sp³-hybridized carbons (Fsp3) is 0.290. The van der Waals surface area contributed by atoms with Crippen molar-refractivity contribution in [1.29, 1.82) is 5.26 Å². The molecule has 2 aromatic carbocycles. The van der Waals surface area contributed by atoms with Crippen LogP contribution in [0.15, 0.2) is 71.9 Å². The number of likely N-dealkylation sites (tertiary alicyclic amines) is 1. The van der Waals surface area contributed by atoms with Crippen LogP contribution >= 0.6 is 34.7 Å². The van der Waals surface area contributed by atoms with Crippen LogP contribution in [0.5, 0.6) is 0 Å². The number of aryl methyl sites for hydroxylation is 1. The van der Waals surface area contributed by atoms with E-state index in [0.717, 1.165) is 46.3 Å². The first-order chi connectivity index (χ1) is 19.0. The van der Waals surface area contributed by atoms with Gasteiger partial charge in [0.05, 0.1) is 27.2 Å². The highest BCUT2D eigenvalue weighted by atomic mass is 35.5. The van der Waals surface area contributed by atoms with E-state index in [4.69, 9.17) is 21.8 Å². The number of pyridine rings is 1. The van der Waals surface area contributed by atoms with Crippen molar-refractivity contribution in [3.05, 3.63) is 88.0 Å². The number of carbonyl (C=O) groups is 1. The smallest absolute Gasteiger partial charge is 0.256 e. The summed E-state index contributed by atoms with van der Waals surface area (Å²) in [5.41, 5.74) is 5.09. The predicted octanol–water partition coefficient (Wildman–Crippen LogP) is 8.25. The van der Waals surface area contributed by atoms with E-state index in [1.165, 1.54) is 16.0 Å². The highest BCUT2D eigenvalue weighted by Gasteiger charge is 2.29. The zero-order valence-electron chi connectivity index (χ0n) is 21.8. The summed E-state index contributed by atoms with van der Waals surface area (Å²) in [7, 11) is 0. The van der Waals surface area contributed by atoms with Crippen LogP contribution < -0.4 is 0 Å². The molecule has 1 aliphatic heterocycles. The van der Waals surface area contributed by atoms with Crippen molar-refractivity contribution in [2.45, 2.75) is 43.6 Å². The molecule has 0 bridgehead atoms. The lowest BCUT2D eigenvalue weighted by Crippen LogP contribution is -2.38. The van der Waals surface area contributed by atoms with Gasteiger partial charge in [0.1, 0.15) is 5.03 Å². The average Bonchev–Trinajstić information content (AvgIpc) is 3.41. The van der Waals surface area contributed by atoms with Crippen molar-refractivity contribution < 1.29 is 4.79 Å². The van der Waals surface area contributed by atoms with Crippen molar-refractivity contribution in [2.75, 3.05) is 18.8 Å². The minimum absolute atomic E-state index is 0.0330. The molecule has 0 N–H and O–H groups in total. The quantitative estimate of drug-likeness (QED) is 0.157. The molecule has 39 heavy (non-hydrogen) atoms. The van der Waals surface area contributed by atoms with Crippen LogP contribution in [-0.4, -0.2) is 39.6 Å². The van der Waals surface area contributed by atoms with Crippen LogP contribution in [0.25, 0.3) is 21.7 Å². The number of piperidine rings is 1. The number of thioether (sulfide) groups is 1. The first-order valence-electron chi connectivity index (χ1n) is 13.1. The number of amides is 1. The van der Waals surface area contributed by atoms with Crippen LogP contribution in [0.1, 0.15) is 52.5 Å². The van der Waals surface area contributed by atoms with E-state index in [2.05, 4.69) is 42.2 Å². The van der Waals surface area contributed by atoms with Crippen molar-refractivity contribution in [2.24, 2.45) is 0 Å². The number of hydrogen-bond acceptors (Lipinski definition) is 6. The van der Waals surface area contributed by atoms with Gasteiger partial charge in [0, 0.05) is 48.0 Å². The third-order valence-electron chi connectivity index (χ3n) is 6.88. The number of unbranched alkanes of at least 4 members (excludes halogenated alkanes) is 1. The van der Waals surface area contributed by atoms with Gasteiger partial charge in [0.15, 0.2) is 0 Å². The molecular formula is C31H29ClN4OS2. The zero-order chi connectivity index (χ0) is 27.2. The van der Waals surface area contributed by atoms with Gasteiger partial charge in [-0.25, -0.2) is 9.97 Å². The lowest BCUT2D eigenvalue weighted by atomic mass is 9.97. The van der Waals surface area contributed by atoms with Gasteiger partial charge >= 0.3 is 0 Å². The Hall–Kier alpha value is -3.18. The Balaban J connectivity index is 1.33. The molecule has 0 radical (unpaired) electrons. The lowest BCUT2D eigenvalue weighted by Gasteiger charge is -2.31. The van der Waals surface area contributed by atoms with E-state index in [1.807, 2.05) is 41.3 Å². The van der Waals surface area contributed by atoms with Gasteiger partial charge in [-0.3, -0.25) is 4.79 Å². The summed E-state index contributed by atoms with van der Waals surface area (Å²) >= 11 is 9.48. The third kappa shape index (κ3) is 6.52. The maximum Gasteiger partial charge on any atom is 0.256 e. The van der Waals surface area contributed by atoms with E-state index in [-0.39, 0.29) is 5.91 Å². The molecule has 2 aromatic heterocycles. The number of nitrogens with zero attached hydrogens (tertiary/aromatic N) is 4. The average molecular weight is 573 g/mol. The third-order valence-corrected chi connectivity index (χ3v) is 9.49. The van der Waals surface area contributed by atoms with Gasteiger partial charge in [-0.2, -0.15) is 5.26 Å². The summed E-state index contributed by atoms with van der Waals surface area (Å²) in [5.74, 6) is 1.11. The Bertz CT molecular complexity index is 1410. The van der Waals surface area contributed by atoms with E-state index < -0.39 is 0 Å². The zero-order valence-corrected chi connectivity index (χ0v) is 24.2. The normalized spacial score (nSPS) is 13.8.